The van der Waals surface area contributed by atoms with Gasteiger partial charge in [-0.15, -0.1) is 0 Å². The molecule has 3 fully saturated rings. The molecule has 1 heteroatoms. The Balaban J connectivity index is 2.01. The highest BCUT2D eigenvalue weighted by Crippen LogP contribution is 2.77. The minimum absolute atomic E-state index is 0.501. The van der Waals surface area contributed by atoms with Crippen molar-refractivity contribution in [2.75, 3.05) is 0 Å². The van der Waals surface area contributed by atoms with Gasteiger partial charge in [-0.25, -0.2) is 0 Å². The van der Waals surface area contributed by atoms with E-state index in [0.29, 0.717) is 22.5 Å². The SMILES string of the molecule is CC12CCC13CCC(=O)C3C2. The molecule has 1 spiro atoms. The summed E-state index contributed by atoms with van der Waals surface area (Å²) in [5.41, 5.74) is 1.13. The fourth-order valence-electron chi connectivity index (χ4n) is 3.83. The van der Waals surface area contributed by atoms with Crippen LogP contribution < -0.4 is 0 Å². The molecule has 3 saturated carbocycles. The molecule has 0 aromatic rings. The summed E-state index contributed by atoms with van der Waals surface area (Å²) < 4.78 is 0. The van der Waals surface area contributed by atoms with Crippen LogP contribution in [0.25, 0.3) is 0 Å². The summed E-state index contributed by atoms with van der Waals surface area (Å²) in [7, 11) is 0. The van der Waals surface area contributed by atoms with Gasteiger partial charge in [0, 0.05) is 12.3 Å². The quantitative estimate of drug-likeness (QED) is 0.517. The number of hydrogen-bond acceptors (Lipinski definition) is 1. The highest BCUT2D eigenvalue weighted by Gasteiger charge is 2.71. The van der Waals surface area contributed by atoms with Crippen molar-refractivity contribution in [1.29, 1.82) is 0 Å². The van der Waals surface area contributed by atoms with E-state index in [1.807, 2.05) is 0 Å². The molecule has 0 radical (unpaired) electrons. The van der Waals surface area contributed by atoms with Gasteiger partial charge in [-0.2, -0.15) is 0 Å². The molecule has 0 amide bonds. The van der Waals surface area contributed by atoms with E-state index < -0.39 is 0 Å². The van der Waals surface area contributed by atoms with Crippen LogP contribution in [0.2, 0.25) is 0 Å². The van der Waals surface area contributed by atoms with Crippen LogP contribution in [0.4, 0.5) is 0 Å². The van der Waals surface area contributed by atoms with Crippen molar-refractivity contribution >= 4 is 5.78 Å². The van der Waals surface area contributed by atoms with E-state index in [-0.39, 0.29) is 0 Å². The molecule has 3 aliphatic carbocycles. The summed E-state index contributed by atoms with van der Waals surface area (Å²) >= 11 is 0. The Bertz CT molecular complexity index is 245. The summed E-state index contributed by atoms with van der Waals surface area (Å²) in [6.45, 7) is 2.38. The van der Waals surface area contributed by atoms with Crippen LogP contribution in [0, 0.1) is 16.7 Å². The lowest BCUT2D eigenvalue weighted by molar-refractivity contribution is -0.202. The van der Waals surface area contributed by atoms with Gasteiger partial charge >= 0.3 is 0 Å². The molecular formula is C10H14O. The Labute approximate surface area is 67.2 Å². The third-order valence-electron chi connectivity index (χ3n) is 4.85. The summed E-state index contributed by atoms with van der Waals surface area (Å²) in [5, 5.41) is 0. The Morgan fingerprint density at radius 2 is 2.18 bits per heavy atom. The van der Waals surface area contributed by atoms with Crippen LogP contribution >= 0.6 is 0 Å². The van der Waals surface area contributed by atoms with E-state index in [9.17, 15) is 4.79 Å². The first-order chi connectivity index (χ1) is 5.18. The van der Waals surface area contributed by atoms with E-state index >= 15 is 0 Å². The molecule has 3 aliphatic rings. The second-order valence-electron chi connectivity index (χ2n) is 4.94. The second-order valence-corrected chi connectivity index (χ2v) is 4.94. The van der Waals surface area contributed by atoms with E-state index in [1.54, 1.807) is 0 Å². The van der Waals surface area contributed by atoms with Crippen molar-refractivity contribution < 1.29 is 4.79 Å². The molecule has 1 nitrogen and oxygen atoms in total. The van der Waals surface area contributed by atoms with E-state index in [4.69, 9.17) is 0 Å². The molecule has 0 N–H and O–H groups in total. The number of Topliss-reactive ketones (excluding diaryl/α,β-unsaturated/α-hetero) is 1. The molecular weight excluding hydrogens is 136 g/mol. The first kappa shape index (κ1) is 6.22. The molecule has 3 unspecified atom stereocenters. The maximum Gasteiger partial charge on any atom is 0.136 e. The molecule has 0 heterocycles. The van der Waals surface area contributed by atoms with Gasteiger partial charge in [-0.05, 0) is 36.5 Å². The monoisotopic (exact) mass is 150 g/mol. The van der Waals surface area contributed by atoms with E-state index in [2.05, 4.69) is 6.92 Å². The van der Waals surface area contributed by atoms with Crippen LogP contribution in [0.3, 0.4) is 0 Å². The van der Waals surface area contributed by atoms with Gasteiger partial charge in [0.15, 0.2) is 0 Å². The lowest BCUT2D eigenvalue weighted by atomic mass is 9.35. The lowest BCUT2D eigenvalue weighted by Gasteiger charge is -2.69. The topological polar surface area (TPSA) is 17.1 Å². The highest BCUT2D eigenvalue weighted by atomic mass is 16.1. The molecule has 0 bridgehead atoms. The van der Waals surface area contributed by atoms with Crippen molar-refractivity contribution in [2.24, 2.45) is 16.7 Å². The molecule has 0 aromatic carbocycles. The van der Waals surface area contributed by atoms with Crippen LogP contribution in [-0.4, -0.2) is 5.78 Å². The second kappa shape index (κ2) is 1.41. The minimum atomic E-state index is 0.501. The summed E-state index contributed by atoms with van der Waals surface area (Å²) in [6, 6.07) is 0. The third kappa shape index (κ3) is 0.423. The van der Waals surface area contributed by atoms with Crippen LogP contribution in [0.1, 0.15) is 39.0 Å². The van der Waals surface area contributed by atoms with E-state index in [1.165, 1.54) is 25.7 Å². The largest absolute Gasteiger partial charge is 0.299 e. The standard InChI is InChI=1S/C10H14O/c1-9-4-5-10(9)3-2-8(11)7(10)6-9/h7H,2-6H2,1H3. The van der Waals surface area contributed by atoms with Gasteiger partial charge in [0.05, 0.1) is 0 Å². The van der Waals surface area contributed by atoms with Gasteiger partial charge in [0.25, 0.3) is 0 Å². The lowest BCUT2D eigenvalue weighted by Crippen LogP contribution is -2.62. The zero-order valence-corrected chi connectivity index (χ0v) is 7.02. The van der Waals surface area contributed by atoms with Gasteiger partial charge in [-0.3, -0.25) is 4.79 Å². The first-order valence-corrected chi connectivity index (χ1v) is 4.71. The number of hydrogen-bond donors (Lipinski definition) is 0. The van der Waals surface area contributed by atoms with Gasteiger partial charge in [0.1, 0.15) is 5.78 Å². The highest BCUT2D eigenvalue weighted by molar-refractivity contribution is 5.86. The number of rotatable bonds is 0. The fraction of sp³-hybridized carbons (Fsp3) is 0.900. The van der Waals surface area contributed by atoms with Crippen LogP contribution in [-0.2, 0) is 4.79 Å². The molecule has 0 saturated heterocycles. The third-order valence-corrected chi connectivity index (χ3v) is 4.85. The van der Waals surface area contributed by atoms with Gasteiger partial charge < -0.3 is 0 Å². The molecule has 0 aliphatic heterocycles. The van der Waals surface area contributed by atoms with Crippen LogP contribution in [0.15, 0.2) is 0 Å². The van der Waals surface area contributed by atoms with E-state index in [0.717, 1.165) is 6.42 Å². The van der Waals surface area contributed by atoms with Crippen molar-refractivity contribution in [3.63, 3.8) is 0 Å². The van der Waals surface area contributed by atoms with Crippen molar-refractivity contribution in [2.45, 2.75) is 39.0 Å². The predicted octanol–water partition coefficient (Wildman–Crippen LogP) is 2.16. The zero-order valence-electron chi connectivity index (χ0n) is 7.02. The smallest absolute Gasteiger partial charge is 0.136 e. The molecule has 3 atom stereocenters. The Kier molecular flexibility index (Phi) is 0.799. The Morgan fingerprint density at radius 1 is 1.36 bits per heavy atom. The van der Waals surface area contributed by atoms with Gasteiger partial charge in [0.2, 0.25) is 0 Å². The predicted molar refractivity (Wildman–Crippen MR) is 42.1 cm³/mol. The van der Waals surface area contributed by atoms with Crippen LogP contribution in [0.5, 0.6) is 0 Å². The van der Waals surface area contributed by atoms with Crippen molar-refractivity contribution in [3.05, 3.63) is 0 Å². The molecule has 0 aromatic heterocycles. The molecule has 3 rings (SSSR count). The first-order valence-electron chi connectivity index (χ1n) is 4.71. The maximum atomic E-state index is 11.4. The maximum absolute atomic E-state index is 11.4. The fourth-order valence-corrected chi connectivity index (χ4v) is 3.83. The minimum Gasteiger partial charge on any atom is -0.299 e. The summed E-state index contributed by atoms with van der Waals surface area (Å²) in [5.74, 6) is 1.07. The Hall–Kier alpha value is -0.330. The molecule has 60 valence electrons. The Morgan fingerprint density at radius 3 is 2.55 bits per heavy atom. The van der Waals surface area contributed by atoms with Crippen molar-refractivity contribution in [1.82, 2.24) is 0 Å². The molecule has 11 heavy (non-hydrogen) atoms. The van der Waals surface area contributed by atoms with Gasteiger partial charge in [-0.1, -0.05) is 6.92 Å². The summed E-state index contributed by atoms with van der Waals surface area (Å²) in [4.78, 5) is 11.4. The number of carbonyl (C=O) groups excluding carboxylic acids is 1. The normalized spacial score (nSPS) is 59.4. The zero-order chi connectivity index (χ0) is 7.69. The average Bonchev–Trinajstić information content (AvgIpc) is 2.29. The number of ketones is 1. The van der Waals surface area contributed by atoms with Crippen molar-refractivity contribution in [3.8, 4) is 0 Å². The summed E-state index contributed by atoms with van der Waals surface area (Å²) in [6.07, 6.45) is 6.05. The number of carbonyl (C=O) groups is 1. The average molecular weight is 150 g/mol.